The minimum Gasteiger partial charge on any atom is -0.287 e. The number of hydrogen-bond donors (Lipinski definition) is 6. The van der Waals surface area contributed by atoms with Crippen molar-refractivity contribution in [2.45, 2.75) is 96.9 Å². The Labute approximate surface area is 261 Å². The maximum absolute atomic E-state index is 5.56. The van der Waals surface area contributed by atoms with Crippen LogP contribution in [0.25, 0.3) is 0 Å². The van der Waals surface area contributed by atoms with E-state index < -0.39 is 0 Å². The first-order chi connectivity index (χ1) is 13.0. The summed E-state index contributed by atoms with van der Waals surface area (Å²) in [4.78, 5) is 0. The van der Waals surface area contributed by atoms with E-state index in [2.05, 4.69) is 54.2 Å². The van der Waals surface area contributed by atoms with Crippen LogP contribution in [0.15, 0.2) is 0 Å². The van der Waals surface area contributed by atoms with Gasteiger partial charge in [-0.25, -0.2) is 0 Å². The van der Waals surface area contributed by atoms with Crippen molar-refractivity contribution in [2.75, 3.05) is 0 Å². The lowest BCUT2D eigenvalue weighted by Crippen LogP contribution is -0.856. The van der Waals surface area contributed by atoms with Gasteiger partial charge in [0.2, 0.25) is 0 Å². The molecule has 18 heteroatoms. The molecule has 6 N–H and O–H groups in total. The fourth-order valence-corrected chi connectivity index (χ4v) is 0. The molecule has 0 spiro atoms. The van der Waals surface area contributed by atoms with Crippen LogP contribution in [0.1, 0.15) is 96.9 Å². The molecule has 0 unspecified atom stereocenters. The highest BCUT2D eigenvalue weighted by molar-refractivity contribution is 7.60. The second-order valence-electron chi connectivity index (χ2n) is 0. The highest BCUT2D eigenvalue weighted by Crippen LogP contribution is 1.29. The van der Waals surface area contributed by atoms with E-state index in [-0.39, 0.29) is 81.0 Å². The van der Waals surface area contributed by atoms with Gasteiger partial charge in [-0.15, -0.1) is 0 Å². The molecule has 0 heterocycles. The van der Waals surface area contributed by atoms with Gasteiger partial charge in [-0.3, -0.25) is 31.0 Å². The predicted octanol–water partition coefficient (Wildman–Crippen LogP) is 13.2. The summed E-state index contributed by atoms with van der Waals surface area (Å²) in [7, 11) is 13.3. The lowest BCUT2D eigenvalue weighted by molar-refractivity contribution is 1.50. The van der Waals surface area contributed by atoms with Gasteiger partial charge < -0.3 is 0 Å². The Morgan fingerprint density at radius 1 is 0.188 bits per heavy atom. The van der Waals surface area contributed by atoms with Crippen molar-refractivity contribution in [3.05, 3.63) is 0 Å². The molecule has 6 nitrogen and oxygen atoms in total. The third-order valence-electron chi connectivity index (χ3n) is 0. The van der Waals surface area contributed by atoms with Crippen molar-refractivity contribution < 1.29 is 0 Å². The Kier molecular flexibility index (Phi) is 24700. The maximum Gasteiger partial charge on any atom is -0.0185 e. The zero-order chi connectivity index (χ0) is 26.0. The molecule has 0 atom stereocenters. The van der Waals surface area contributed by atoms with Gasteiger partial charge in [0.25, 0.3) is 0 Å². The molecule has 0 aromatic rings. The van der Waals surface area contributed by atoms with Gasteiger partial charge >= 0.3 is 0 Å². The molecular weight excluding hydrogens is 630 g/mol. The molecule has 0 radical (unpaired) electrons. The van der Waals surface area contributed by atoms with E-state index in [1.807, 2.05) is 96.9 Å². The molecule has 0 aromatic carbocycles. The number of hydrogen-bond acceptors (Lipinski definition) is 6. The third-order valence-corrected chi connectivity index (χ3v) is 0. The lowest BCUT2D eigenvalue weighted by atomic mass is 11.0. The first-order valence-corrected chi connectivity index (χ1v) is 11.5. The van der Waals surface area contributed by atoms with Gasteiger partial charge in [0.15, 0.2) is 0 Å². The molecule has 0 saturated heterocycles. The first kappa shape index (κ1) is 160. The van der Waals surface area contributed by atoms with Crippen molar-refractivity contribution >= 4 is 135 Å². The highest BCUT2D eigenvalue weighted by Gasteiger charge is 0.944. The highest BCUT2D eigenvalue weighted by atomic mass is 32.1. The maximum atomic E-state index is 5.56. The number of rotatable bonds is 0. The fraction of sp³-hybridized carbons (Fsp3) is 1.00. The second kappa shape index (κ2) is 4940. The van der Waals surface area contributed by atoms with E-state index in [4.69, 9.17) is 31.0 Å². The van der Waals surface area contributed by atoms with Gasteiger partial charge in [-0.2, -0.15) is 81.0 Å². The van der Waals surface area contributed by atoms with E-state index in [9.17, 15) is 0 Å². The van der Waals surface area contributed by atoms with Crippen LogP contribution in [0.3, 0.4) is 0 Å². The van der Waals surface area contributed by atoms with Crippen LogP contribution < -0.4 is 0 Å². The molecule has 0 aliphatic heterocycles. The van der Waals surface area contributed by atoms with Gasteiger partial charge in [0.05, 0.1) is 0 Å². The minimum atomic E-state index is 0. The van der Waals surface area contributed by atoms with Crippen molar-refractivity contribution in [3.8, 4) is 0 Å². The molecule has 0 bridgehead atoms. The zero-order valence-corrected chi connectivity index (χ0v) is 35.0. The monoisotopic (exact) mass is 696 g/mol. The standard InChI is InChI=1S/7C2H6.6H2NP.6H2S/c13*1-2;;;;;;/h7*1-2H3;6*1-2H;6*1H2. The van der Waals surface area contributed by atoms with Crippen LogP contribution in [-0.4, -0.2) is 0 Å². The number of nitrogens with one attached hydrogen (secondary N) is 6. The summed E-state index contributed by atoms with van der Waals surface area (Å²) in [6, 6.07) is 0. The molecule has 32 heavy (non-hydrogen) atoms. The van der Waals surface area contributed by atoms with Crippen LogP contribution in [-0.2, 0) is 0 Å². The fourth-order valence-electron chi connectivity index (χ4n) is 0. The minimum absolute atomic E-state index is 0. The van der Waals surface area contributed by atoms with Crippen LogP contribution in [0, 0.1) is 31.0 Å². The molecular formula is C14H66N6P6S6. The quantitative estimate of drug-likeness (QED) is 0.134. The zero-order valence-electron chi connectivity index (χ0n) is 23.0. The Balaban J connectivity index is -0.00000000331. The topological polar surface area (TPSA) is 143 Å². The third kappa shape index (κ3) is 4510. The summed E-state index contributed by atoms with van der Waals surface area (Å²) in [6.07, 6.45) is 0. The smallest absolute Gasteiger partial charge is 0.0185 e. The van der Waals surface area contributed by atoms with Gasteiger partial charge in [-0.1, -0.05) is 96.9 Å². The summed E-state index contributed by atoms with van der Waals surface area (Å²) in [5, 5.41) is 33.3. The largest absolute Gasteiger partial charge is 0.287 e. The summed E-state index contributed by atoms with van der Waals surface area (Å²) in [5.41, 5.74) is 0. The molecule has 218 valence electrons. The average molecular weight is 697 g/mol. The van der Waals surface area contributed by atoms with Crippen molar-refractivity contribution in [3.63, 3.8) is 0 Å². The second-order valence-corrected chi connectivity index (χ2v) is 0. The summed E-state index contributed by atoms with van der Waals surface area (Å²) >= 11 is 0. The van der Waals surface area contributed by atoms with Crippen LogP contribution in [0.5, 0.6) is 0 Å². The molecule has 0 fully saturated rings. The predicted molar refractivity (Wildman–Crippen MR) is 208 cm³/mol. The van der Waals surface area contributed by atoms with E-state index in [1.54, 1.807) is 0 Å². The van der Waals surface area contributed by atoms with E-state index in [1.165, 1.54) is 0 Å². The van der Waals surface area contributed by atoms with E-state index >= 15 is 0 Å². The summed E-state index contributed by atoms with van der Waals surface area (Å²) in [6.45, 7) is 28.0. The molecule has 0 aromatic heterocycles. The average Bonchev–Trinajstić information content (AvgIpc) is 2.90. The van der Waals surface area contributed by atoms with Crippen LogP contribution >= 0.6 is 135 Å². The van der Waals surface area contributed by atoms with E-state index in [0.717, 1.165) is 0 Å². The lowest BCUT2D eigenvalue weighted by Gasteiger charge is -1.07. The van der Waals surface area contributed by atoms with E-state index in [0.29, 0.717) is 0 Å². The van der Waals surface area contributed by atoms with Crippen LogP contribution in [0.2, 0.25) is 0 Å². The SMILES string of the molecule is CC.CC.CC.CC.CC.CC.CC.N=P.N=P.N=P.N=P.N=P.N=P.S.S.S.S.S.S. The molecule has 0 amide bonds. The normalized spacial score (nSPS) is 2.06. The van der Waals surface area contributed by atoms with Crippen molar-refractivity contribution in [1.82, 2.24) is 0 Å². The Bertz CT molecular complexity index is 75.7. The van der Waals surface area contributed by atoms with Crippen molar-refractivity contribution in [1.29, 1.82) is 31.0 Å². The van der Waals surface area contributed by atoms with Gasteiger partial charge in [0, 0.05) is 0 Å². The summed E-state index contributed by atoms with van der Waals surface area (Å²) in [5.74, 6) is 0. The first-order valence-electron chi connectivity index (χ1n) is 8.50. The van der Waals surface area contributed by atoms with Gasteiger partial charge in [0.1, 0.15) is 0 Å². The van der Waals surface area contributed by atoms with Crippen LogP contribution in [0.4, 0.5) is 0 Å². The molecule has 0 aliphatic rings. The molecule has 0 saturated carbocycles. The van der Waals surface area contributed by atoms with Crippen molar-refractivity contribution in [2.24, 2.45) is 0 Å². The summed E-state index contributed by atoms with van der Waals surface area (Å²) < 4.78 is 0. The Morgan fingerprint density at radius 3 is 0.188 bits per heavy atom. The van der Waals surface area contributed by atoms with Gasteiger partial charge in [-0.05, 0) is 54.2 Å². The Morgan fingerprint density at radius 2 is 0.188 bits per heavy atom. The molecule has 0 rings (SSSR count). The Hall–Kier alpha value is 2.70. The molecule has 0 aliphatic carbocycles.